The number of nitrogens with two attached hydrogens (primary N) is 1. The Hall–Kier alpha value is -3.06. The third kappa shape index (κ3) is 7.96. The minimum atomic E-state index is -3.95. The Morgan fingerprint density at radius 1 is 1.25 bits per heavy atom. The molecule has 0 bridgehead atoms. The van der Waals surface area contributed by atoms with Gasteiger partial charge in [-0.3, -0.25) is 23.6 Å². The monoisotopic (exact) mass is 662 g/mol. The van der Waals surface area contributed by atoms with E-state index >= 15 is 0 Å². The van der Waals surface area contributed by atoms with Crippen LogP contribution in [0.15, 0.2) is 6.33 Å². The van der Waals surface area contributed by atoms with Crippen molar-refractivity contribution >= 4 is 53.1 Å². The highest BCUT2D eigenvalue weighted by molar-refractivity contribution is 8.56. The number of carbonyl (C=O) groups is 3. The lowest BCUT2D eigenvalue weighted by molar-refractivity contribution is -0.158. The van der Waals surface area contributed by atoms with Crippen molar-refractivity contribution in [1.29, 1.82) is 0 Å². The van der Waals surface area contributed by atoms with E-state index < -0.39 is 61.3 Å². The summed E-state index contributed by atoms with van der Waals surface area (Å²) in [5.74, 6) is -1.29. The van der Waals surface area contributed by atoms with Crippen LogP contribution in [-0.4, -0.2) is 128 Å². The number of fused-ring (bicyclic) bond motifs is 1. The number of methoxy groups -OCH3 is 1. The molecule has 1 aliphatic rings. The first-order valence-corrected chi connectivity index (χ1v) is 16.7. The number of anilines is 1. The number of aliphatic hydroxyl groups excluding tert-OH is 1. The van der Waals surface area contributed by atoms with Crippen molar-refractivity contribution in [3.63, 3.8) is 0 Å². The van der Waals surface area contributed by atoms with Crippen molar-refractivity contribution in [2.24, 2.45) is 0 Å². The van der Waals surface area contributed by atoms with Crippen molar-refractivity contribution in [3.8, 4) is 5.88 Å². The lowest BCUT2D eigenvalue weighted by Crippen LogP contribution is -2.42. The summed E-state index contributed by atoms with van der Waals surface area (Å²) in [5.41, 5.74) is 4.31. The molecule has 5 atom stereocenters. The van der Waals surface area contributed by atoms with Gasteiger partial charge in [0, 0.05) is 19.8 Å². The van der Waals surface area contributed by atoms with Crippen LogP contribution in [0, 0.1) is 0 Å². The summed E-state index contributed by atoms with van der Waals surface area (Å²) >= 11 is 0.740. The Morgan fingerprint density at radius 3 is 2.50 bits per heavy atom. The van der Waals surface area contributed by atoms with Crippen LogP contribution in [-0.2, 0) is 28.2 Å². The van der Waals surface area contributed by atoms with E-state index in [0.29, 0.717) is 0 Å². The molecule has 1 saturated heterocycles. The molecule has 0 spiro atoms. The highest BCUT2D eigenvalue weighted by Crippen LogP contribution is 2.57. The molecule has 3 amide bonds. The topological polar surface area (TPSA) is 234 Å². The van der Waals surface area contributed by atoms with Crippen molar-refractivity contribution in [2.75, 3.05) is 52.5 Å². The lowest BCUT2D eigenvalue weighted by Gasteiger charge is -2.32. The Morgan fingerprint density at radius 2 is 1.93 bits per heavy atom. The van der Waals surface area contributed by atoms with Crippen LogP contribution in [0.3, 0.4) is 0 Å². The number of hydrogen-bond donors (Lipinski definition) is 4. The number of likely N-dealkylation sites (N-methyl/N-ethyl adjacent to an activating group) is 2. The average Bonchev–Trinajstić information content (AvgIpc) is 3.45. The number of carbonyl (C=O) groups excluding carboxylic acids is 3. The number of aliphatic hydroxyl groups is 2. The van der Waals surface area contributed by atoms with Crippen molar-refractivity contribution in [2.45, 2.75) is 57.7 Å². The molecule has 2 aromatic rings. The Balaban J connectivity index is 1.79. The first kappa shape index (κ1) is 35.4. The summed E-state index contributed by atoms with van der Waals surface area (Å²) in [5, 5.41) is 23.5. The SMILES string of the molecule is COc1nc(N)nc2c1ncn2[C@H](OCCO[P@](=O)(N[C@@H](C)C(=O)OC(C)C)SC[C@@H]1C(=O)N(C)C(=O)N1C)[C@](C)(O)CO. The first-order valence-electron chi connectivity index (χ1n) is 13.5. The van der Waals surface area contributed by atoms with E-state index in [1.54, 1.807) is 13.8 Å². The molecule has 3 rings (SSSR count). The van der Waals surface area contributed by atoms with Gasteiger partial charge in [-0.15, -0.1) is 0 Å². The fourth-order valence-electron chi connectivity index (χ4n) is 4.12. The summed E-state index contributed by atoms with van der Waals surface area (Å²) in [7, 11) is 4.17. The molecule has 20 heteroatoms. The molecule has 18 nitrogen and oxygen atoms in total. The van der Waals surface area contributed by atoms with Gasteiger partial charge in [0.05, 0.1) is 39.4 Å². The Kier molecular flexibility index (Phi) is 11.6. The van der Waals surface area contributed by atoms with Gasteiger partial charge >= 0.3 is 18.7 Å². The summed E-state index contributed by atoms with van der Waals surface area (Å²) in [6.45, 7) is 0.818. The van der Waals surface area contributed by atoms with Gasteiger partial charge in [0.25, 0.3) is 5.91 Å². The summed E-state index contributed by atoms with van der Waals surface area (Å²) in [6, 6.07) is -2.47. The quantitative estimate of drug-likeness (QED) is 0.0822. The minimum absolute atomic E-state index is 0.0883. The normalized spacial score (nSPS) is 19.7. The molecule has 246 valence electrons. The van der Waals surface area contributed by atoms with Gasteiger partial charge in [-0.05, 0) is 27.7 Å². The van der Waals surface area contributed by atoms with E-state index in [4.69, 9.17) is 24.5 Å². The minimum Gasteiger partial charge on any atom is -0.479 e. The number of nitrogen functional groups attached to an aromatic ring is 1. The van der Waals surface area contributed by atoms with E-state index in [-0.39, 0.29) is 42.0 Å². The highest BCUT2D eigenvalue weighted by Gasteiger charge is 2.43. The smallest absolute Gasteiger partial charge is 0.327 e. The summed E-state index contributed by atoms with van der Waals surface area (Å²) < 4.78 is 37.3. The van der Waals surface area contributed by atoms with E-state index in [0.717, 1.165) is 16.3 Å². The molecule has 2 aromatic heterocycles. The van der Waals surface area contributed by atoms with Gasteiger partial charge in [-0.2, -0.15) is 9.97 Å². The second-order valence-corrected chi connectivity index (χ2v) is 14.7. The maximum absolute atomic E-state index is 13.9. The largest absolute Gasteiger partial charge is 0.479 e. The molecule has 0 unspecified atom stereocenters. The van der Waals surface area contributed by atoms with Crippen LogP contribution >= 0.6 is 18.1 Å². The molecule has 1 fully saturated rings. The number of imide groups is 1. The molecule has 1 aliphatic heterocycles. The predicted octanol–water partition coefficient (Wildman–Crippen LogP) is 0.356. The van der Waals surface area contributed by atoms with E-state index in [1.165, 1.54) is 50.8 Å². The summed E-state index contributed by atoms with van der Waals surface area (Å²) in [4.78, 5) is 51.7. The van der Waals surface area contributed by atoms with Crippen LogP contribution in [0.5, 0.6) is 5.88 Å². The molecule has 0 saturated carbocycles. The van der Waals surface area contributed by atoms with E-state index in [2.05, 4.69) is 20.0 Å². The van der Waals surface area contributed by atoms with Gasteiger partial charge in [0.2, 0.25) is 11.8 Å². The lowest BCUT2D eigenvalue weighted by atomic mass is 10.1. The Labute approximate surface area is 257 Å². The third-order valence-corrected chi connectivity index (χ3v) is 10.6. The molecule has 0 radical (unpaired) electrons. The predicted molar refractivity (Wildman–Crippen MR) is 159 cm³/mol. The van der Waals surface area contributed by atoms with E-state index in [9.17, 15) is 29.2 Å². The number of nitrogens with zero attached hydrogens (tertiary/aromatic N) is 6. The number of rotatable bonds is 16. The molecule has 44 heavy (non-hydrogen) atoms. The first-order chi connectivity index (χ1) is 20.5. The molecule has 5 N–H and O–H groups in total. The number of ether oxygens (including phenoxy) is 3. The molecular formula is C24H39N8O10PS. The zero-order chi connectivity index (χ0) is 33.0. The molecule has 0 aromatic carbocycles. The highest BCUT2D eigenvalue weighted by atomic mass is 32.7. The van der Waals surface area contributed by atoms with Crippen molar-refractivity contribution < 1.29 is 47.9 Å². The number of imidazole rings is 1. The number of aromatic nitrogens is 4. The fourth-order valence-corrected chi connectivity index (χ4v) is 8.10. The van der Waals surface area contributed by atoms with Crippen LogP contribution < -0.4 is 15.6 Å². The number of urea groups is 1. The standard InChI is InChI=1S/C24H39N8O10PS/c1-13(2)42-20(35)14(3)29-43(38,44-10-15-19(34)31(6)23(36)30(15)5)41-9-8-40-21(24(4,37)11-33)32-12-26-16-17(32)27-22(25)28-18(16)39-7/h12-15,21,33,37H,8-11H2,1-7H3,(H,29,38)(H2,25,27,28)/t14-,15+,21+,24+,43+/m0/s1. The van der Waals surface area contributed by atoms with Gasteiger partial charge in [-0.1, -0.05) is 11.4 Å². The zero-order valence-corrected chi connectivity index (χ0v) is 27.2. The van der Waals surface area contributed by atoms with Crippen molar-refractivity contribution in [3.05, 3.63) is 6.33 Å². The van der Waals surface area contributed by atoms with Gasteiger partial charge < -0.3 is 39.6 Å². The second-order valence-electron chi connectivity index (χ2n) is 10.4. The molecule has 0 aliphatic carbocycles. The molecular weight excluding hydrogens is 623 g/mol. The van der Waals surface area contributed by atoms with Crippen LogP contribution in [0.2, 0.25) is 0 Å². The number of esters is 1. The van der Waals surface area contributed by atoms with Gasteiger partial charge in [-0.25, -0.2) is 14.9 Å². The zero-order valence-electron chi connectivity index (χ0n) is 25.5. The number of nitrogens with one attached hydrogen (secondary N) is 1. The van der Waals surface area contributed by atoms with Crippen LogP contribution in [0.4, 0.5) is 10.7 Å². The van der Waals surface area contributed by atoms with Gasteiger partial charge in [0.1, 0.15) is 17.7 Å². The summed E-state index contributed by atoms with van der Waals surface area (Å²) in [6.07, 6.45) is -0.406. The van der Waals surface area contributed by atoms with Gasteiger partial charge in [0.15, 0.2) is 17.4 Å². The maximum atomic E-state index is 13.9. The fraction of sp³-hybridized carbons (Fsp3) is 0.667. The van der Waals surface area contributed by atoms with Crippen LogP contribution in [0.1, 0.15) is 33.9 Å². The second kappa shape index (κ2) is 14.4. The number of amides is 3. The van der Waals surface area contributed by atoms with Crippen molar-refractivity contribution in [1.82, 2.24) is 34.4 Å². The third-order valence-electron chi connectivity index (χ3n) is 6.46. The average molecular weight is 663 g/mol. The Bertz CT molecular complexity index is 1410. The van der Waals surface area contributed by atoms with Crippen LogP contribution in [0.25, 0.3) is 11.2 Å². The molecule has 3 heterocycles. The van der Waals surface area contributed by atoms with E-state index in [1.807, 2.05) is 0 Å². The maximum Gasteiger partial charge on any atom is 0.327 e. The number of hydrogen-bond acceptors (Lipinski definition) is 15.